The summed E-state index contributed by atoms with van der Waals surface area (Å²) in [5, 5.41) is 3.31. The monoisotopic (exact) mass is 342 g/mol. The minimum Gasteiger partial charge on any atom is -0.484 e. The number of hydrogen-bond donors (Lipinski definition) is 1. The Morgan fingerprint density at radius 2 is 2.20 bits per heavy atom. The molecule has 3 rings (SSSR count). The molecule has 1 fully saturated rings. The van der Waals surface area contributed by atoms with Crippen molar-refractivity contribution in [3.63, 3.8) is 0 Å². The molecule has 1 aliphatic heterocycles. The van der Waals surface area contributed by atoms with Crippen LogP contribution in [0.15, 0.2) is 42.9 Å². The Kier molecular flexibility index (Phi) is 5.79. The Morgan fingerprint density at radius 3 is 2.96 bits per heavy atom. The Hall–Kier alpha value is -2.67. The third-order valence-electron chi connectivity index (χ3n) is 4.03. The van der Waals surface area contributed by atoms with Crippen LogP contribution in [0.1, 0.15) is 18.5 Å². The van der Waals surface area contributed by atoms with Crippen LogP contribution in [0, 0.1) is 0 Å². The van der Waals surface area contributed by atoms with Crippen molar-refractivity contribution in [2.24, 2.45) is 0 Å². The maximum Gasteiger partial charge on any atom is 0.260 e. The van der Waals surface area contributed by atoms with Gasteiger partial charge in [-0.05, 0) is 30.7 Å². The molecule has 1 atom stereocenters. The summed E-state index contributed by atoms with van der Waals surface area (Å²) >= 11 is 0. The number of nitrogens with one attached hydrogen (secondary N) is 1. The van der Waals surface area contributed by atoms with Crippen molar-refractivity contribution in [1.82, 2.24) is 14.9 Å². The lowest BCUT2D eigenvalue weighted by atomic mass is 10.1. The van der Waals surface area contributed by atoms with E-state index in [2.05, 4.69) is 15.3 Å². The number of morpholine rings is 1. The number of aromatic nitrogens is 2. The first-order valence-electron chi connectivity index (χ1n) is 8.33. The van der Waals surface area contributed by atoms with Gasteiger partial charge in [-0.25, -0.2) is 9.97 Å². The van der Waals surface area contributed by atoms with Gasteiger partial charge in [-0.2, -0.15) is 0 Å². The first kappa shape index (κ1) is 17.2. The third kappa shape index (κ3) is 4.90. The van der Waals surface area contributed by atoms with E-state index in [1.165, 1.54) is 6.33 Å². The molecular weight excluding hydrogens is 320 g/mol. The minimum atomic E-state index is -0.0131. The van der Waals surface area contributed by atoms with Crippen LogP contribution in [0.2, 0.25) is 0 Å². The highest BCUT2D eigenvalue weighted by Crippen LogP contribution is 2.22. The van der Waals surface area contributed by atoms with Crippen LogP contribution in [0.5, 0.6) is 5.75 Å². The van der Waals surface area contributed by atoms with Gasteiger partial charge in [0.25, 0.3) is 5.91 Å². The van der Waals surface area contributed by atoms with Gasteiger partial charge in [-0.3, -0.25) is 4.79 Å². The van der Waals surface area contributed by atoms with Crippen molar-refractivity contribution >= 4 is 11.7 Å². The van der Waals surface area contributed by atoms with Gasteiger partial charge in [-0.15, -0.1) is 0 Å². The SMILES string of the molecule is CC(Nc1ccncn1)c1cccc(OCC(=O)N2CCOCC2)c1. The molecule has 1 aliphatic rings. The number of benzene rings is 1. The van der Waals surface area contributed by atoms with Crippen molar-refractivity contribution in [2.45, 2.75) is 13.0 Å². The quantitative estimate of drug-likeness (QED) is 0.864. The molecule has 0 aliphatic carbocycles. The molecule has 7 heteroatoms. The maximum atomic E-state index is 12.2. The normalized spacial score (nSPS) is 15.5. The molecule has 7 nitrogen and oxygen atoms in total. The van der Waals surface area contributed by atoms with Crippen molar-refractivity contribution in [1.29, 1.82) is 0 Å². The van der Waals surface area contributed by atoms with Crippen molar-refractivity contribution in [3.05, 3.63) is 48.4 Å². The molecular formula is C18H22N4O3. The van der Waals surface area contributed by atoms with Crippen molar-refractivity contribution in [3.8, 4) is 5.75 Å². The number of carbonyl (C=O) groups excluding carboxylic acids is 1. The maximum absolute atomic E-state index is 12.2. The number of amides is 1. The molecule has 0 radical (unpaired) electrons. The van der Waals surface area contributed by atoms with Crippen LogP contribution in [0.3, 0.4) is 0 Å². The summed E-state index contributed by atoms with van der Waals surface area (Å²) < 4.78 is 10.9. The highest BCUT2D eigenvalue weighted by Gasteiger charge is 2.17. The zero-order chi connectivity index (χ0) is 17.5. The summed E-state index contributed by atoms with van der Waals surface area (Å²) in [6.45, 7) is 4.52. The lowest BCUT2D eigenvalue weighted by Crippen LogP contribution is -2.42. The van der Waals surface area contributed by atoms with E-state index in [4.69, 9.17) is 9.47 Å². The Bertz CT molecular complexity index is 690. The molecule has 0 spiro atoms. The van der Waals surface area contributed by atoms with Crippen LogP contribution >= 0.6 is 0 Å². The zero-order valence-electron chi connectivity index (χ0n) is 14.2. The smallest absolute Gasteiger partial charge is 0.260 e. The van der Waals surface area contributed by atoms with Crippen LogP contribution in [0.4, 0.5) is 5.82 Å². The van der Waals surface area contributed by atoms with Gasteiger partial charge >= 0.3 is 0 Å². The molecule has 0 bridgehead atoms. The van der Waals surface area contributed by atoms with Crippen molar-refractivity contribution in [2.75, 3.05) is 38.2 Å². The fourth-order valence-corrected chi connectivity index (χ4v) is 2.60. The lowest BCUT2D eigenvalue weighted by molar-refractivity contribution is -0.137. The molecule has 1 aromatic carbocycles. The highest BCUT2D eigenvalue weighted by molar-refractivity contribution is 5.77. The van der Waals surface area contributed by atoms with E-state index >= 15 is 0 Å². The van der Waals surface area contributed by atoms with Gasteiger partial charge in [0.2, 0.25) is 0 Å². The van der Waals surface area contributed by atoms with E-state index in [9.17, 15) is 4.79 Å². The Balaban J connectivity index is 1.56. The number of rotatable bonds is 6. The molecule has 1 aromatic heterocycles. The molecule has 0 saturated carbocycles. The average Bonchev–Trinajstić information content (AvgIpc) is 2.68. The fraction of sp³-hybridized carbons (Fsp3) is 0.389. The van der Waals surface area contributed by atoms with Crippen LogP contribution < -0.4 is 10.1 Å². The zero-order valence-corrected chi connectivity index (χ0v) is 14.2. The largest absolute Gasteiger partial charge is 0.484 e. The molecule has 1 amide bonds. The molecule has 1 N–H and O–H groups in total. The summed E-state index contributed by atoms with van der Waals surface area (Å²) in [6.07, 6.45) is 3.20. The van der Waals surface area contributed by atoms with Gasteiger partial charge in [-0.1, -0.05) is 12.1 Å². The molecule has 25 heavy (non-hydrogen) atoms. The predicted molar refractivity (Wildman–Crippen MR) is 93.4 cm³/mol. The number of hydrogen-bond acceptors (Lipinski definition) is 6. The summed E-state index contributed by atoms with van der Waals surface area (Å²) in [5.41, 5.74) is 1.05. The number of carbonyl (C=O) groups is 1. The van der Waals surface area contributed by atoms with Crippen molar-refractivity contribution < 1.29 is 14.3 Å². The van der Waals surface area contributed by atoms with Gasteiger partial charge < -0.3 is 19.7 Å². The van der Waals surface area contributed by atoms with E-state index < -0.39 is 0 Å². The second kappa shape index (κ2) is 8.43. The predicted octanol–water partition coefficient (Wildman–Crippen LogP) is 1.89. The molecule has 1 unspecified atom stereocenters. The second-order valence-electron chi connectivity index (χ2n) is 5.81. The van der Waals surface area contributed by atoms with E-state index in [1.807, 2.05) is 37.3 Å². The first-order valence-corrected chi connectivity index (χ1v) is 8.33. The van der Waals surface area contributed by atoms with Crippen LogP contribution in [-0.2, 0) is 9.53 Å². The van der Waals surface area contributed by atoms with Gasteiger partial charge in [0.1, 0.15) is 17.9 Å². The molecule has 132 valence electrons. The lowest BCUT2D eigenvalue weighted by Gasteiger charge is -2.26. The van der Waals surface area contributed by atoms with E-state index in [0.29, 0.717) is 32.1 Å². The van der Waals surface area contributed by atoms with Gasteiger partial charge in [0.15, 0.2) is 6.61 Å². The minimum absolute atomic E-state index is 0.0131. The standard InChI is InChI=1S/C18H22N4O3/c1-14(21-17-5-6-19-13-20-17)15-3-2-4-16(11-15)25-12-18(23)22-7-9-24-10-8-22/h2-6,11,13-14H,7-10,12H2,1H3,(H,19,20,21). The average molecular weight is 342 g/mol. The fourth-order valence-electron chi connectivity index (χ4n) is 2.60. The van der Waals surface area contributed by atoms with E-state index in [1.54, 1.807) is 11.1 Å². The van der Waals surface area contributed by atoms with Crippen LogP contribution in [0.25, 0.3) is 0 Å². The summed E-state index contributed by atoms with van der Waals surface area (Å²) in [6, 6.07) is 9.59. The summed E-state index contributed by atoms with van der Waals surface area (Å²) in [4.78, 5) is 22.0. The van der Waals surface area contributed by atoms with Crippen LogP contribution in [-0.4, -0.2) is 53.7 Å². The Morgan fingerprint density at radius 1 is 1.36 bits per heavy atom. The Labute approximate surface area is 147 Å². The summed E-state index contributed by atoms with van der Waals surface area (Å²) in [7, 11) is 0. The molecule has 2 heterocycles. The number of anilines is 1. The van der Waals surface area contributed by atoms with Gasteiger partial charge in [0.05, 0.1) is 19.3 Å². The molecule has 2 aromatic rings. The van der Waals surface area contributed by atoms with E-state index in [0.717, 1.165) is 11.4 Å². The number of nitrogens with zero attached hydrogens (tertiary/aromatic N) is 3. The topological polar surface area (TPSA) is 76.6 Å². The number of ether oxygens (including phenoxy) is 2. The van der Waals surface area contributed by atoms with Gasteiger partial charge in [0, 0.05) is 19.3 Å². The summed E-state index contributed by atoms with van der Waals surface area (Å²) in [5.74, 6) is 1.42. The van der Waals surface area contributed by atoms with E-state index in [-0.39, 0.29) is 18.6 Å². The second-order valence-corrected chi connectivity index (χ2v) is 5.81. The highest BCUT2D eigenvalue weighted by atomic mass is 16.5. The third-order valence-corrected chi connectivity index (χ3v) is 4.03. The molecule has 1 saturated heterocycles. The first-order chi connectivity index (χ1) is 12.2.